The Morgan fingerprint density at radius 3 is 2.67 bits per heavy atom. The van der Waals surface area contributed by atoms with E-state index in [1.807, 2.05) is 0 Å². The summed E-state index contributed by atoms with van der Waals surface area (Å²) in [6.45, 7) is 0.0621. The molecule has 2 rings (SSSR count). The zero-order valence-corrected chi connectivity index (χ0v) is 11.8. The van der Waals surface area contributed by atoms with Gasteiger partial charge in [-0.1, -0.05) is 23.7 Å². The van der Waals surface area contributed by atoms with E-state index >= 15 is 0 Å². The van der Waals surface area contributed by atoms with Gasteiger partial charge < -0.3 is 15.2 Å². The van der Waals surface area contributed by atoms with Crippen LogP contribution in [0.15, 0.2) is 42.5 Å². The molecule has 3 nitrogen and oxygen atoms in total. The summed E-state index contributed by atoms with van der Waals surface area (Å²) in [5.74, 6) is -0.843. The molecule has 0 aliphatic rings. The third-order valence-corrected chi connectivity index (χ3v) is 3.04. The fraction of sp³-hybridized carbons (Fsp3) is 0.200. The fourth-order valence-corrected chi connectivity index (χ4v) is 1.90. The largest absolute Gasteiger partial charge is 0.488 e. The van der Waals surface area contributed by atoms with Gasteiger partial charge in [0.25, 0.3) is 0 Å². The first-order valence-corrected chi connectivity index (χ1v) is 6.68. The molecule has 0 heterocycles. The molecular formula is C15H14ClF2NO2. The SMILES string of the molecule is OC(CNc1ccc(F)cc1Cl)COc1ccccc1F. The first-order chi connectivity index (χ1) is 10.1. The predicted octanol–water partition coefficient (Wildman–Crippen LogP) is 3.47. The van der Waals surface area contributed by atoms with Gasteiger partial charge in [0.05, 0.1) is 10.7 Å². The lowest BCUT2D eigenvalue weighted by Crippen LogP contribution is -2.26. The maximum atomic E-state index is 13.3. The molecule has 0 aliphatic heterocycles. The van der Waals surface area contributed by atoms with Gasteiger partial charge in [0.15, 0.2) is 11.6 Å². The Morgan fingerprint density at radius 2 is 1.95 bits per heavy atom. The van der Waals surface area contributed by atoms with Crippen LogP contribution in [0.25, 0.3) is 0 Å². The predicted molar refractivity (Wildman–Crippen MR) is 77.8 cm³/mol. The van der Waals surface area contributed by atoms with Gasteiger partial charge >= 0.3 is 0 Å². The highest BCUT2D eigenvalue weighted by Crippen LogP contribution is 2.22. The lowest BCUT2D eigenvalue weighted by Gasteiger charge is -2.15. The second-order valence-corrected chi connectivity index (χ2v) is 4.81. The molecule has 2 N–H and O–H groups in total. The Hall–Kier alpha value is -1.85. The molecule has 0 radical (unpaired) electrons. The quantitative estimate of drug-likeness (QED) is 0.858. The number of hydrogen-bond donors (Lipinski definition) is 2. The molecule has 21 heavy (non-hydrogen) atoms. The van der Waals surface area contributed by atoms with Gasteiger partial charge in [-0.05, 0) is 30.3 Å². The molecule has 0 aromatic heterocycles. The number of hydrogen-bond acceptors (Lipinski definition) is 3. The van der Waals surface area contributed by atoms with Crippen LogP contribution in [0.2, 0.25) is 5.02 Å². The third kappa shape index (κ3) is 4.58. The summed E-state index contributed by atoms with van der Waals surface area (Å²) >= 11 is 5.84. The molecule has 0 saturated carbocycles. The Kier molecular flexibility index (Phi) is 5.36. The molecule has 6 heteroatoms. The average molecular weight is 314 g/mol. The van der Waals surface area contributed by atoms with Gasteiger partial charge in [0.1, 0.15) is 18.5 Å². The fourth-order valence-electron chi connectivity index (χ4n) is 1.67. The highest BCUT2D eigenvalue weighted by atomic mass is 35.5. The number of aliphatic hydroxyl groups is 1. The minimum atomic E-state index is -0.870. The van der Waals surface area contributed by atoms with Crippen LogP contribution in [-0.4, -0.2) is 24.4 Å². The minimum absolute atomic E-state index is 0.0766. The number of aliphatic hydroxyl groups excluding tert-OH is 1. The lowest BCUT2D eigenvalue weighted by atomic mass is 10.3. The number of para-hydroxylation sites is 1. The van der Waals surface area contributed by atoms with E-state index in [1.54, 1.807) is 12.1 Å². The maximum Gasteiger partial charge on any atom is 0.165 e. The molecule has 2 aromatic rings. The van der Waals surface area contributed by atoms with Gasteiger partial charge in [-0.3, -0.25) is 0 Å². The van der Waals surface area contributed by atoms with Crippen molar-refractivity contribution in [1.82, 2.24) is 0 Å². The Morgan fingerprint density at radius 1 is 1.19 bits per heavy atom. The van der Waals surface area contributed by atoms with E-state index in [1.165, 1.54) is 30.3 Å². The molecule has 0 spiro atoms. The van der Waals surface area contributed by atoms with Crippen LogP contribution in [0.3, 0.4) is 0 Å². The van der Waals surface area contributed by atoms with Gasteiger partial charge in [-0.25, -0.2) is 8.78 Å². The lowest BCUT2D eigenvalue weighted by molar-refractivity contribution is 0.115. The van der Waals surface area contributed by atoms with Crippen LogP contribution in [0.5, 0.6) is 5.75 Å². The number of rotatable bonds is 6. The first kappa shape index (κ1) is 15.5. The van der Waals surface area contributed by atoms with E-state index in [-0.39, 0.29) is 23.9 Å². The van der Waals surface area contributed by atoms with Crippen molar-refractivity contribution in [3.63, 3.8) is 0 Å². The Labute approximate surface area is 126 Å². The molecule has 0 amide bonds. The van der Waals surface area contributed by atoms with E-state index in [0.29, 0.717) is 5.69 Å². The second kappa shape index (κ2) is 7.24. The van der Waals surface area contributed by atoms with E-state index in [4.69, 9.17) is 16.3 Å². The molecular weight excluding hydrogens is 300 g/mol. The van der Waals surface area contributed by atoms with Crippen molar-refractivity contribution in [2.45, 2.75) is 6.10 Å². The summed E-state index contributed by atoms with van der Waals surface area (Å²) in [6, 6.07) is 9.85. The van der Waals surface area contributed by atoms with Crippen molar-refractivity contribution in [3.8, 4) is 5.75 Å². The Bertz CT molecular complexity index is 610. The van der Waals surface area contributed by atoms with Crippen molar-refractivity contribution < 1.29 is 18.6 Å². The van der Waals surface area contributed by atoms with Crippen LogP contribution in [0, 0.1) is 11.6 Å². The minimum Gasteiger partial charge on any atom is -0.488 e. The zero-order valence-electron chi connectivity index (χ0n) is 11.0. The highest BCUT2D eigenvalue weighted by Gasteiger charge is 2.09. The van der Waals surface area contributed by atoms with E-state index < -0.39 is 17.7 Å². The number of halogens is 3. The van der Waals surface area contributed by atoms with Crippen LogP contribution in [-0.2, 0) is 0 Å². The van der Waals surface area contributed by atoms with Crippen LogP contribution in [0.1, 0.15) is 0 Å². The van der Waals surface area contributed by atoms with Gasteiger partial charge in [0.2, 0.25) is 0 Å². The van der Waals surface area contributed by atoms with Crippen molar-refractivity contribution in [2.75, 3.05) is 18.5 Å². The third-order valence-electron chi connectivity index (χ3n) is 2.73. The van der Waals surface area contributed by atoms with Crippen LogP contribution < -0.4 is 10.1 Å². The molecule has 0 saturated heterocycles. The van der Waals surface area contributed by atoms with Crippen molar-refractivity contribution >= 4 is 17.3 Å². The summed E-state index contributed by atoms with van der Waals surface area (Å²) in [6.07, 6.45) is -0.870. The van der Waals surface area contributed by atoms with Gasteiger partial charge in [-0.15, -0.1) is 0 Å². The summed E-state index contributed by atoms with van der Waals surface area (Å²) in [7, 11) is 0. The maximum absolute atomic E-state index is 13.3. The standard InChI is InChI=1S/C15H14ClF2NO2/c16-12-7-10(17)5-6-14(12)19-8-11(20)9-21-15-4-2-1-3-13(15)18/h1-7,11,19-20H,8-9H2. The van der Waals surface area contributed by atoms with E-state index in [2.05, 4.69) is 5.32 Å². The molecule has 0 bridgehead atoms. The number of ether oxygens (including phenoxy) is 1. The smallest absolute Gasteiger partial charge is 0.165 e. The monoisotopic (exact) mass is 313 g/mol. The molecule has 1 atom stereocenters. The molecule has 0 aliphatic carbocycles. The van der Waals surface area contributed by atoms with Crippen molar-refractivity contribution in [3.05, 3.63) is 59.1 Å². The zero-order chi connectivity index (χ0) is 15.2. The molecule has 0 fully saturated rings. The second-order valence-electron chi connectivity index (χ2n) is 4.40. The summed E-state index contributed by atoms with van der Waals surface area (Å²) in [4.78, 5) is 0. The average Bonchev–Trinajstić information content (AvgIpc) is 2.45. The van der Waals surface area contributed by atoms with E-state index in [9.17, 15) is 13.9 Å². The highest BCUT2D eigenvalue weighted by molar-refractivity contribution is 6.33. The molecule has 1 unspecified atom stereocenters. The Balaban J connectivity index is 1.82. The van der Waals surface area contributed by atoms with E-state index in [0.717, 1.165) is 0 Å². The molecule has 112 valence electrons. The number of anilines is 1. The van der Waals surface area contributed by atoms with Crippen LogP contribution >= 0.6 is 11.6 Å². The van der Waals surface area contributed by atoms with Crippen molar-refractivity contribution in [1.29, 1.82) is 0 Å². The summed E-state index contributed by atoms with van der Waals surface area (Å²) in [5.41, 5.74) is 0.503. The summed E-state index contributed by atoms with van der Waals surface area (Å²) < 4.78 is 31.4. The molecule has 2 aromatic carbocycles. The van der Waals surface area contributed by atoms with Crippen molar-refractivity contribution in [2.24, 2.45) is 0 Å². The number of benzene rings is 2. The summed E-state index contributed by atoms with van der Waals surface area (Å²) in [5, 5.41) is 12.9. The van der Waals surface area contributed by atoms with Gasteiger partial charge in [0, 0.05) is 6.54 Å². The number of nitrogens with one attached hydrogen (secondary N) is 1. The van der Waals surface area contributed by atoms with Gasteiger partial charge in [-0.2, -0.15) is 0 Å². The van der Waals surface area contributed by atoms with Crippen LogP contribution in [0.4, 0.5) is 14.5 Å². The first-order valence-electron chi connectivity index (χ1n) is 6.30. The topological polar surface area (TPSA) is 41.5 Å². The normalized spacial score (nSPS) is 12.0.